The van der Waals surface area contributed by atoms with Crippen LogP contribution in [-0.4, -0.2) is 60.1 Å². The Balaban J connectivity index is 1.55. The molecule has 34 heavy (non-hydrogen) atoms. The number of carbonyl (C=O) groups is 1. The van der Waals surface area contributed by atoms with Gasteiger partial charge in [-0.25, -0.2) is 18.3 Å². The molecule has 1 aromatic heterocycles. The standard InChI is InChI=1S/C24H26ClF2N5O2/c1-15-22(25)23(32(30-15)19-6-4-3-5-7-19)29-24(33)28-21-14-31(8-9-34-2)13-20(21)16-10-17(26)12-18(27)11-16/h3-7,10-12,20-21H,8-9,13-14H2,1-2H3,(H2,28,29,33). The van der Waals surface area contributed by atoms with Crippen LogP contribution in [0.15, 0.2) is 48.5 Å². The number of para-hydroxylation sites is 1. The van der Waals surface area contributed by atoms with Gasteiger partial charge in [-0.15, -0.1) is 0 Å². The third-order valence-corrected chi connectivity index (χ3v) is 6.31. The van der Waals surface area contributed by atoms with E-state index in [0.717, 1.165) is 11.8 Å². The Morgan fingerprint density at radius 1 is 1.18 bits per heavy atom. The van der Waals surface area contributed by atoms with Gasteiger partial charge in [0.25, 0.3) is 0 Å². The van der Waals surface area contributed by atoms with E-state index in [1.54, 1.807) is 18.7 Å². The first-order chi connectivity index (χ1) is 16.4. The van der Waals surface area contributed by atoms with Crippen LogP contribution in [0.3, 0.4) is 0 Å². The van der Waals surface area contributed by atoms with Crippen LogP contribution in [-0.2, 0) is 4.74 Å². The number of urea groups is 1. The summed E-state index contributed by atoms with van der Waals surface area (Å²) in [5.74, 6) is -1.26. The number of aryl methyl sites for hydroxylation is 1. The molecule has 4 rings (SSSR count). The van der Waals surface area contributed by atoms with Crippen LogP contribution < -0.4 is 10.6 Å². The van der Waals surface area contributed by atoms with E-state index in [1.165, 1.54) is 12.1 Å². The summed E-state index contributed by atoms with van der Waals surface area (Å²) in [5, 5.41) is 10.5. The average molecular weight is 490 g/mol. The summed E-state index contributed by atoms with van der Waals surface area (Å²) in [6, 6.07) is 11.9. The molecule has 0 aliphatic carbocycles. The number of hydrogen-bond acceptors (Lipinski definition) is 4. The average Bonchev–Trinajstić information content (AvgIpc) is 3.33. The molecule has 2 aromatic carbocycles. The maximum Gasteiger partial charge on any atom is 0.320 e. The Morgan fingerprint density at radius 2 is 1.88 bits per heavy atom. The number of benzene rings is 2. The Hall–Kier alpha value is -3.01. The number of anilines is 1. The lowest BCUT2D eigenvalue weighted by Gasteiger charge is -2.21. The van der Waals surface area contributed by atoms with Crippen LogP contribution in [0, 0.1) is 18.6 Å². The second kappa shape index (κ2) is 10.5. The van der Waals surface area contributed by atoms with Crippen molar-refractivity contribution in [3.05, 3.63) is 76.4 Å². The SMILES string of the molecule is COCCN1CC(NC(=O)Nc2c(Cl)c(C)nn2-c2ccccc2)C(c2cc(F)cc(F)c2)C1. The van der Waals surface area contributed by atoms with Crippen molar-refractivity contribution in [3.8, 4) is 5.69 Å². The van der Waals surface area contributed by atoms with Gasteiger partial charge < -0.3 is 10.1 Å². The number of likely N-dealkylation sites (tertiary alicyclic amines) is 1. The lowest BCUT2D eigenvalue weighted by molar-refractivity contribution is 0.159. The number of rotatable bonds is 7. The molecule has 1 fully saturated rings. The van der Waals surface area contributed by atoms with Crippen LogP contribution in [0.1, 0.15) is 17.2 Å². The second-order valence-electron chi connectivity index (χ2n) is 8.26. The Kier molecular flexibility index (Phi) is 7.45. The van der Waals surface area contributed by atoms with E-state index < -0.39 is 17.7 Å². The quantitative estimate of drug-likeness (QED) is 0.517. The van der Waals surface area contributed by atoms with Crippen molar-refractivity contribution in [1.29, 1.82) is 0 Å². The van der Waals surface area contributed by atoms with Crippen molar-refractivity contribution in [3.63, 3.8) is 0 Å². The zero-order valence-corrected chi connectivity index (χ0v) is 19.6. The van der Waals surface area contributed by atoms with Gasteiger partial charge in [0.1, 0.15) is 16.7 Å². The normalized spacial score (nSPS) is 18.3. The summed E-state index contributed by atoms with van der Waals surface area (Å²) < 4.78 is 34.6. The van der Waals surface area contributed by atoms with Crippen molar-refractivity contribution in [2.24, 2.45) is 0 Å². The van der Waals surface area contributed by atoms with Crippen molar-refractivity contribution < 1.29 is 18.3 Å². The maximum atomic E-state index is 13.9. The lowest BCUT2D eigenvalue weighted by Crippen LogP contribution is -2.42. The lowest BCUT2D eigenvalue weighted by atomic mass is 9.94. The molecule has 2 amide bonds. The summed E-state index contributed by atoms with van der Waals surface area (Å²) in [5.41, 5.74) is 1.80. The predicted octanol–water partition coefficient (Wildman–Crippen LogP) is 4.35. The number of methoxy groups -OCH3 is 1. The number of aromatic nitrogens is 2. The van der Waals surface area contributed by atoms with Crippen molar-refractivity contribution in [1.82, 2.24) is 20.0 Å². The van der Waals surface area contributed by atoms with E-state index in [9.17, 15) is 13.6 Å². The van der Waals surface area contributed by atoms with Crippen molar-refractivity contribution in [2.75, 3.05) is 38.7 Å². The van der Waals surface area contributed by atoms with Crippen LogP contribution >= 0.6 is 11.6 Å². The Labute approximate surface area is 201 Å². The zero-order chi connectivity index (χ0) is 24.2. The molecule has 1 saturated heterocycles. The summed E-state index contributed by atoms with van der Waals surface area (Å²) >= 11 is 6.43. The molecule has 0 spiro atoms. The molecule has 2 heterocycles. The fourth-order valence-corrected chi connectivity index (χ4v) is 4.41. The van der Waals surface area contributed by atoms with Crippen LogP contribution in [0.25, 0.3) is 5.69 Å². The van der Waals surface area contributed by atoms with E-state index in [0.29, 0.717) is 48.3 Å². The van der Waals surface area contributed by atoms with E-state index in [1.807, 2.05) is 30.3 Å². The smallest absolute Gasteiger partial charge is 0.320 e. The number of nitrogens with one attached hydrogen (secondary N) is 2. The first-order valence-electron chi connectivity index (χ1n) is 10.9. The van der Waals surface area contributed by atoms with Gasteiger partial charge in [0, 0.05) is 38.7 Å². The van der Waals surface area contributed by atoms with Crippen LogP contribution in [0.2, 0.25) is 5.02 Å². The van der Waals surface area contributed by atoms with Gasteiger partial charge in [-0.1, -0.05) is 29.8 Å². The predicted molar refractivity (Wildman–Crippen MR) is 127 cm³/mol. The molecule has 0 bridgehead atoms. The minimum absolute atomic E-state index is 0.302. The number of amides is 2. The summed E-state index contributed by atoms with van der Waals surface area (Å²) in [4.78, 5) is 15.1. The highest BCUT2D eigenvalue weighted by atomic mass is 35.5. The summed E-state index contributed by atoms with van der Waals surface area (Å²) in [7, 11) is 1.61. The molecule has 180 valence electrons. The molecule has 3 aromatic rings. The third-order valence-electron chi connectivity index (χ3n) is 5.86. The molecule has 2 unspecified atom stereocenters. The topological polar surface area (TPSA) is 71.4 Å². The molecule has 1 aliphatic heterocycles. The van der Waals surface area contributed by atoms with Gasteiger partial charge in [0.2, 0.25) is 0 Å². The van der Waals surface area contributed by atoms with E-state index in [-0.39, 0.29) is 12.0 Å². The Bertz CT molecular complexity index is 1140. The van der Waals surface area contributed by atoms with Gasteiger partial charge in [-0.2, -0.15) is 5.10 Å². The number of carbonyl (C=O) groups excluding carboxylic acids is 1. The monoisotopic (exact) mass is 489 g/mol. The van der Waals surface area contributed by atoms with E-state index >= 15 is 0 Å². The minimum atomic E-state index is -0.650. The van der Waals surface area contributed by atoms with Crippen LogP contribution in [0.4, 0.5) is 19.4 Å². The third kappa shape index (κ3) is 5.38. The fraction of sp³-hybridized carbons (Fsp3) is 0.333. The fourth-order valence-electron chi connectivity index (χ4n) is 4.25. The minimum Gasteiger partial charge on any atom is -0.383 e. The molecular formula is C24H26ClF2N5O2. The van der Waals surface area contributed by atoms with E-state index in [4.69, 9.17) is 16.3 Å². The first kappa shape index (κ1) is 24.1. The molecule has 0 radical (unpaired) electrons. The molecule has 7 nitrogen and oxygen atoms in total. The van der Waals surface area contributed by atoms with Crippen molar-refractivity contribution in [2.45, 2.75) is 18.9 Å². The second-order valence-corrected chi connectivity index (χ2v) is 8.64. The van der Waals surface area contributed by atoms with E-state index in [2.05, 4.69) is 20.6 Å². The van der Waals surface area contributed by atoms with Gasteiger partial charge in [0.15, 0.2) is 5.82 Å². The molecule has 2 N–H and O–H groups in total. The maximum absolute atomic E-state index is 13.9. The molecular weight excluding hydrogens is 464 g/mol. The van der Waals surface area contributed by atoms with Crippen LogP contribution in [0.5, 0.6) is 0 Å². The molecule has 1 aliphatic rings. The van der Waals surface area contributed by atoms with Gasteiger partial charge in [-0.05, 0) is 36.8 Å². The molecule has 2 atom stereocenters. The summed E-state index contributed by atoms with van der Waals surface area (Å²) in [6.07, 6.45) is 0. The number of hydrogen-bond donors (Lipinski definition) is 2. The van der Waals surface area contributed by atoms with Gasteiger partial charge in [-0.3, -0.25) is 10.2 Å². The highest BCUT2D eigenvalue weighted by Gasteiger charge is 2.35. The van der Waals surface area contributed by atoms with Crippen molar-refractivity contribution >= 4 is 23.4 Å². The summed E-state index contributed by atoms with van der Waals surface area (Å²) in [6.45, 7) is 3.93. The number of halogens is 3. The highest BCUT2D eigenvalue weighted by Crippen LogP contribution is 2.30. The molecule has 10 heteroatoms. The zero-order valence-electron chi connectivity index (χ0n) is 18.9. The van der Waals surface area contributed by atoms with Gasteiger partial charge in [0.05, 0.1) is 24.0 Å². The first-order valence-corrected chi connectivity index (χ1v) is 11.3. The number of nitrogens with zero attached hydrogens (tertiary/aromatic N) is 3. The highest BCUT2D eigenvalue weighted by molar-refractivity contribution is 6.34. The Morgan fingerprint density at radius 3 is 2.56 bits per heavy atom. The number of ether oxygens (including phenoxy) is 1. The molecule has 0 saturated carbocycles. The largest absolute Gasteiger partial charge is 0.383 e. The van der Waals surface area contributed by atoms with Gasteiger partial charge >= 0.3 is 6.03 Å².